The van der Waals surface area contributed by atoms with Gasteiger partial charge in [0.2, 0.25) is 0 Å². The lowest BCUT2D eigenvalue weighted by Crippen LogP contribution is -2.39. The molecular formula is C16H26NO+. The Labute approximate surface area is 111 Å². The van der Waals surface area contributed by atoms with Gasteiger partial charge in [-0.15, -0.1) is 0 Å². The van der Waals surface area contributed by atoms with Crippen molar-refractivity contribution >= 4 is 0 Å². The maximum atomic E-state index is 5.44. The normalized spacial score (nSPS) is 19.1. The van der Waals surface area contributed by atoms with Gasteiger partial charge < -0.3 is 4.74 Å². The molecule has 1 saturated heterocycles. The van der Waals surface area contributed by atoms with Gasteiger partial charge >= 0.3 is 0 Å². The molecule has 0 bridgehead atoms. The van der Waals surface area contributed by atoms with Gasteiger partial charge in [0.25, 0.3) is 0 Å². The number of aromatic nitrogens is 1. The number of nitrogens with zero attached hydrogens (tertiary/aromatic N) is 1. The van der Waals surface area contributed by atoms with Gasteiger partial charge in [0.15, 0.2) is 18.9 Å². The van der Waals surface area contributed by atoms with Gasteiger partial charge in [0.05, 0.1) is 0 Å². The summed E-state index contributed by atoms with van der Waals surface area (Å²) in [4.78, 5) is 0. The fourth-order valence-electron chi connectivity index (χ4n) is 2.76. The van der Waals surface area contributed by atoms with E-state index in [2.05, 4.69) is 49.9 Å². The smallest absolute Gasteiger partial charge is 0.172 e. The molecule has 0 radical (unpaired) electrons. The number of rotatable bonds is 4. The summed E-state index contributed by atoms with van der Waals surface area (Å²) < 4.78 is 7.80. The summed E-state index contributed by atoms with van der Waals surface area (Å²) in [7, 11) is 0. The maximum absolute atomic E-state index is 5.44. The summed E-state index contributed by atoms with van der Waals surface area (Å²) in [6, 6.07) is 4.40. The average molecular weight is 248 g/mol. The average Bonchev–Trinajstić information content (AvgIpc) is 2.40. The number of hydrogen-bond donors (Lipinski definition) is 0. The highest BCUT2D eigenvalue weighted by atomic mass is 16.5. The van der Waals surface area contributed by atoms with Crippen LogP contribution >= 0.6 is 0 Å². The zero-order valence-electron chi connectivity index (χ0n) is 11.9. The van der Waals surface area contributed by atoms with E-state index in [-0.39, 0.29) is 0 Å². The molecule has 1 aromatic heterocycles. The standard InChI is InChI=1S/C16H26NO/c1-13(2)16-5-4-8-17(12-16)11-14(3)15-6-9-18-10-7-15/h4-5,8,12-15H,6-7,9-11H2,1-3H3/q+1. The molecule has 2 heteroatoms. The van der Waals surface area contributed by atoms with Gasteiger partial charge in [-0.25, -0.2) is 4.57 Å². The third-order valence-electron chi connectivity index (χ3n) is 4.12. The molecule has 2 rings (SSSR count). The van der Waals surface area contributed by atoms with Crippen LogP contribution in [0, 0.1) is 11.8 Å². The highest BCUT2D eigenvalue weighted by Gasteiger charge is 2.23. The molecule has 100 valence electrons. The second-order valence-electron chi connectivity index (χ2n) is 5.92. The van der Waals surface area contributed by atoms with Crippen LogP contribution in [0.1, 0.15) is 45.1 Å². The summed E-state index contributed by atoms with van der Waals surface area (Å²) in [5.74, 6) is 2.17. The third-order valence-corrected chi connectivity index (χ3v) is 4.12. The lowest BCUT2D eigenvalue weighted by Gasteiger charge is -2.26. The van der Waals surface area contributed by atoms with Crippen molar-refractivity contribution in [1.29, 1.82) is 0 Å². The van der Waals surface area contributed by atoms with Crippen molar-refractivity contribution in [2.45, 2.75) is 46.1 Å². The molecule has 1 unspecified atom stereocenters. The van der Waals surface area contributed by atoms with Crippen molar-refractivity contribution in [3.63, 3.8) is 0 Å². The number of pyridine rings is 1. The molecule has 1 aliphatic rings. The van der Waals surface area contributed by atoms with E-state index >= 15 is 0 Å². The van der Waals surface area contributed by atoms with E-state index in [1.165, 1.54) is 18.4 Å². The lowest BCUT2D eigenvalue weighted by atomic mass is 9.87. The SMILES string of the molecule is CC(C)c1ccc[n+](CC(C)C2CCOCC2)c1. The van der Waals surface area contributed by atoms with E-state index < -0.39 is 0 Å². The van der Waals surface area contributed by atoms with Crippen molar-refractivity contribution in [2.75, 3.05) is 13.2 Å². The summed E-state index contributed by atoms with van der Waals surface area (Å²) in [5, 5.41) is 0. The van der Waals surface area contributed by atoms with E-state index in [0.717, 1.165) is 31.6 Å². The van der Waals surface area contributed by atoms with Gasteiger partial charge in [-0.2, -0.15) is 0 Å². The van der Waals surface area contributed by atoms with Crippen LogP contribution in [0.15, 0.2) is 24.5 Å². The molecule has 1 aromatic rings. The van der Waals surface area contributed by atoms with Crippen LogP contribution in [0.5, 0.6) is 0 Å². The third kappa shape index (κ3) is 3.55. The first-order valence-corrected chi connectivity index (χ1v) is 7.23. The van der Waals surface area contributed by atoms with Crippen molar-refractivity contribution < 1.29 is 9.30 Å². The largest absolute Gasteiger partial charge is 0.381 e. The van der Waals surface area contributed by atoms with E-state index in [1.54, 1.807) is 0 Å². The predicted molar refractivity (Wildman–Crippen MR) is 73.4 cm³/mol. The predicted octanol–water partition coefficient (Wildman–Crippen LogP) is 3.16. The summed E-state index contributed by atoms with van der Waals surface area (Å²) in [5.41, 5.74) is 1.43. The molecule has 0 saturated carbocycles. The van der Waals surface area contributed by atoms with Crippen LogP contribution in [0.3, 0.4) is 0 Å². The second-order valence-corrected chi connectivity index (χ2v) is 5.92. The molecule has 0 aromatic carbocycles. The monoisotopic (exact) mass is 248 g/mol. The van der Waals surface area contributed by atoms with E-state index in [1.807, 2.05) is 0 Å². The van der Waals surface area contributed by atoms with E-state index in [4.69, 9.17) is 4.74 Å². The molecule has 1 aliphatic heterocycles. The van der Waals surface area contributed by atoms with Crippen molar-refractivity contribution in [1.82, 2.24) is 0 Å². The zero-order valence-corrected chi connectivity index (χ0v) is 11.9. The molecule has 2 nitrogen and oxygen atoms in total. The molecule has 0 spiro atoms. The molecule has 1 atom stereocenters. The fraction of sp³-hybridized carbons (Fsp3) is 0.688. The number of hydrogen-bond acceptors (Lipinski definition) is 1. The minimum absolute atomic E-state index is 0.607. The van der Waals surface area contributed by atoms with Gasteiger partial charge in [-0.3, -0.25) is 0 Å². The minimum Gasteiger partial charge on any atom is -0.381 e. The Bertz CT molecular complexity index is 369. The van der Waals surface area contributed by atoms with Crippen LogP contribution in [0.2, 0.25) is 0 Å². The van der Waals surface area contributed by atoms with Gasteiger partial charge in [-0.05, 0) is 30.7 Å². The van der Waals surface area contributed by atoms with Gasteiger partial charge in [0.1, 0.15) is 0 Å². The van der Waals surface area contributed by atoms with Crippen LogP contribution < -0.4 is 4.57 Å². The lowest BCUT2D eigenvalue weighted by molar-refractivity contribution is -0.704. The Morgan fingerprint density at radius 2 is 2.00 bits per heavy atom. The van der Waals surface area contributed by atoms with Crippen molar-refractivity contribution in [3.05, 3.63) is 30.1 Å². The van der Waals surface area contributed by atoms with E-state index in [0.29, 0.717) is 5.92 Å². The highest BCUT2D eigenvalue weighted by Crippen LogP contribution is 2.23. The molecule has 18 heavy (non-hydrogen) atoms. The summed E-state index contributed by atoms with van der Waals surface area (Å²) >= 11 is 0. The Kier molecular flexibility index (Phi) is 4.76. The van der Waals surface area contributed by atoms with E-state index in [9.17, 15) is 0 Å². The number of ether oxygens (including phenoxy) is 1. The Balaban J connectivity index is 1.97. The zero-order chi connectivity index (χ0) is 13.0. The van der Waals surface area contributed by atoms with Crippen LogP contribution in [-0.2, 0) is 11.3 Å². The minimum atomic E-state index is 0.607. The van der Waals surface area contributed by atoms with Gasteiger partial charge in [0, 0.05) is 30.8 Å². The Morgan fingerprint density at radius 3 is 2.67 bits per heavy atom. The molecule has 2 heterocycles. The van der Waals surface area contributed by atoms with Crippen LogP contribution in [0.25, 0.3) is 0 Å². The molecule has 0 aliphatic carbocycles. The molecular weight excluding hydrogens is 222 g/mol. The Hall–Kier alpha value is -0.890. The maximum Gasteiger partial charge on any atom is 0.172 e. The van der Waals surface area contributed by atoms with Crippen molar-refractivity contribution in [2.24, 2.45) is 11.8 Å². The summed E-state index contributed by atoms with van der Waals surface area (Å²) in [6.45, 7) is 9.91. The van der Waals surface area contributed by atoms with Crippen LogP contribution in [-0.4, -0.2) is 13.2 Å². The first kappa shape index (κ1) is 13.5. The first-order chi connectivity index (χ1) is 8.66. The quantitative estimate of drug-likeness (QED) is 0.746. The highest BCUT2D eigenvalue weighted by molar-refractivity contribution is 5.09. The summed E-state index contributed by atoms with van der Waals surface area (Å²) in [6.07, 6.45) is 6.96. The molecule has 0 amide bonds. The second kappa shape index (κ2) is 6.33. The first-order valence-electron chi connectivity index (χ1n) is 7.23. The van der Waals surface area contributed by atoms with Crippen molar-refractivity contribution in [3.8, 4) is 0 Å². The molecule has 1 fully saturated rings. The Morgan fingerprint density at radius 1 is 1.28 bits per heavy atom. The van der Waals surface area contributed by atoms with Gasteiger partial charge in [-0.1, -0.05) is 20.8 Å². The fourth-order valence-corrected chi connectivity index (χ4v) is 2.76. The molecule has 0 N–H and O–H groups in total. The van der Waals surface area contributed by atoms with Crippen LogP contribution in [0.4, 0.5) is 0 Å². The topological polar surface area (TPSA) is 13.1 Å².